The molecule has 0 saturated carbocycles. The number of likely N-dealkylation sites (N-methyl/N-ethyl adjacent to an activating group) is 1. The summed E-state index contributed by atoms with van der Waals surface area (Å²) in [5.74, 6) is 0.155. The number of benzene rings is 1. The molecule has 4 heteroatoms. The molecule has 0 aliphatic carbocycles. The van der Waals surface area contributed by atoms with Crippen molar-refractivity contribution in [3.63, 3.8) is 0 Å². The number of hydrogen-bond donors (Lipinski definition) is 1. The van der Waals surface area contributed by atoms with Crippen LogP contribution in [0.5, 0.6) is 0 Å². The highest BCUT2D eigenvalue weighted by atomic mass is 16.2. The molecule has 1 N–H and O–H groups in total. The molecule has 20 heavy (non-hydrogen) atoms. The van der Waals surface area contributed by atoms with Gasteiger partial charge in [-0.2, -0.15) is 0 Å². The van der Waals surface area contributed by atoms with Crippen molar-refractivity contribution in [1.29, 1.82) is 0 Å². The second-order valence-electron chi connectivity index (χ2n) is 5.66. The highest BCUT2D eigenvalue weighted by molar-refractivity contribution is 5.96. The van der Waals surface area contributed by atoms with Gasteiger partial charge in [0.15, 0.2) is 0 Å². The van der Waals surface area contributed by atoms with Crippen molar-refractivity contribution < 1.29 is 9.59 Å². The van der Waals surface area contributed by atoms with Crippen molar-refractivity contribution in [3.05, 3.63) is 35.4 Å². The Bertz CT molecular complexity index is 464. The first-order valence-corrected chi connectivity index (χ1v) is 6.96. The molecule has 1 aromatic rings. The Hall–Kier alpha value is -1.84. The third-order valence-corrected chi connectivity index (χ3v) is 3.00. The van der Waals surface area contributed by atoms with E-state index in [1.807, 2.05) is 38.1 Å². The average Bonchev–Trinajstić information content (AvgIpc) is 2.36. The molecule has 0 aromatic heterocycles. The first-order chi connectivity index (χ1) is 9.31. The number of amides is 2. The molecule has 4 nitrogen and oxygen atoms in total. The highest BCUT2D eigenvalue weighted by Gasteiger charge is 2.15. The molecule has 0 unspecified atom stereocenters. The maximum atomic E-state index is 12.2. The largest absolute Gasteiger partial charge is 0.352 e. The number of nitrogens with zero attached hydrogens (tertiary/aromatic N) is 1. The Morgan fingerprint density at radius 1 is 1.10 bits per heavy atom. The van der Waals surface area contributed by atoms with E-state index in [0.29, 0.717) is 11.5 Å². The van der Waals surface area contributed by atoms with Gasteiger partial charge in [-0.25, -0.2) is 0 Å². The number of hydrogen-bond acceptors (Lipinski definition) is 2. The normalized spacial score (nSPS) is 10.8. The highest BCUT2D eigenvalue weighted by Crippen LogP contribution is 2.15. The zero-order chi connectivity index (χ0) is 15.3. The summed E-state index contributed by atoms with van der Waals surface area (Å²) in [5.41, 5.74) is 1.80. The van der Waals surface area contributed by atoms with Gasteiger partial charge < -0.3 is 10.2 Å². The third-order valence-electron chi connectivity index (χ3n) is 3.00. The van der Waals surface area contributed by atoms with Crippen molar-refractivity contribution in [3.8, 4) is 0 Å². The van der Waals surface area contributed by atoms with Crippen LogP contribution >= 0.6 is 0 Å². The van der Waals surface area contributed by atoms with Crippen molar-refractivity contribution >= 4 is 11.8 Å². The summed E-state index contributed by atoms with van der Waals surface area (Å²) >= 11 is 0. The molecule has 0 aliphatic heterocycles. The zero-order valence-corrected chi connectivity index (χ0v) is 12.9. The van der Waals surface area contributed by atoms with Crippen molar-refractivity contribution in [2.75, 3.05) is 13.6 Å². The molecule has 0 heterocycles. The van der Waals surface area contributed by atoms with E-state index in [1.54, 1.807) is 7.05 Å². The molecule has 0 aliphatic rings. The molecule has 0 bridgehead atoms. The predicted octanol–water partition coefficient (Wildman–Crippen LogP) is 2.41. The molecule has 110 valence electrons. The molecule has 0 spiro atoms. The summed E-state index contributed by atoms with van der Waals surface area (Å²) in [4.78, 5) is 25.3. The molecule has 0 radical (unpaired) electrons. The van der Waals surface area contributed by atoms with Gasteiger partial charge in [-0.1, -0.05) is 26.0 Å². The molecular weight excluding hydrogens is 252 g/mol. The number of nitrogens with one attached hydrogen (secondary N) is 1. The predicted molar refractivity (Wildman–Crippen MR) is 80.8 cm³/mol. The molecular formula is C16H24N2O2. The van der Waals surface area contributed by atoms with Crippen LogP contribution in [0.4, 0.5) is 0 Å². The molecule has 0 atom stereocenters. The summed E-state index contributed by atoms with van der Waals surface area (Å²) < 4.78 is 0. The summed E-state index contributed by atoms with van der Waals surface area (Å²) in [6, 6.07) is 7.62. The summed E-state index contributed by atoms with van der Waals surface area (Å²) in [6.07, 6.45) is 0. The molecule has 0 fully saturated rings. The molecule has 2 amide bonds. The zero-order valence-electron chi connectivity index (χ0n) is 12.9. The Morgan fingerprint density at radius 3 is 2.10 bits per heavy atom. The number of carbonyl (C=O) groups is 2. The quantitative estimate of drug-likeness (QED) is 0.898. The van der Waals surface area contributed by atoms with Gasteiger partial charge in [-0.15, -0.1) is 0 Å². The van der Waals surface area contributed by atoms with Gasteiger partial charge in [0.25, 0.3) is 5.91 Å². The van der Waals surface area contributed by atoms with Gasteiger partial charge in [-0.05, 0) is 37.5 Å². The minimum atomic E-state index is -0.144. The van der Waals surface area contributed by atoms with Crippen LogP contribution < -0.4 is 5.32 Å². The lowest BCUT2D eigenvalue weighted by Crippen LogP contribution is -2.40. The first kappa shape index (κ1) is 16.2. The van der Waals surface area contributed by atoms with Gasteiger partial charge in [0.1, 0.15) is 0 Å². The van der Waals surface area contributed by atoms with Crippen LogP contribution in [0, 0.1) is 0 Å². The van der Waals surface area contributed by atoms with E-state index in [2.05, 4.69) is 19.2 Å². The van der Waals surface area contributed by atoms with Crippen LogP contribution in [0.1, 0.15) is 49.5 Å². The lowest BCUT2D eigenvalue weighted by Gasteiger charge is -2.18. The van der Waals surface area contributed by atoms with Crippen molar-refractivity contribution in [2.24, 2.45) is 0 Å². The number of carbonyl (C=O) groups excluding carboxylic acids is 2. The van der Waals surface area contributed by atoms with E-state index in [1.165, 1.54) is 10.5 Å². The standard InChI is InChI=1S/C16H24N2O2/c1-11(2)13-6-8-14(9-7-13)16(20)18(5)10-15(19)17-12(3)4/h6-9,11-12H,10H2,1-5H3,(H,17,19). The fourth-order valence-electron chi connectivity index (χ4n) is 1.89. The van der Waals surface area contributed by atoms with Gasteiger partial charge in [0, 0.05) is 18.7 Å². The second-order valence-corrected chi connectivity index (χ2v) is 5.66. The Balaban J connectivity index is 2.67. The van der Waals surface area contributed by atoms with E-state index >= 15 is 0 Å². The summed E-state index contributed by atoms with van der Waals surface area (Å²) in [7, 11) is 1.64. The first-order valence-electron chi connectivity index (χ1n) is 6.96. The van der Waals surface area contributed by atoms with E-state index in [0.717, 1.165) is 0 Å². The van der Waals surface area contributed by atoms with Crippen LogP contribution in [0.3, 0.4) is 0 Å². The fraction of sp³-hybridized carbons (Fsp3) is 0.500. The lowest BCUT2D eigenvalue weighted by molar-refractivity contribution is -0.122. The summed E-state index contributed by atoms with van der Waals surface area (Å²) in [6.45, 7) is 8.08. The topological polar surface area (TPSA) is 49.4 Å². The van der Waals surface area contributed by atoms with Crippen LogP contribution in [-0.4, -0.2) is 36.3 Å². The van der Waals surface area contributed by atoms with Crippen molar-refractivity contribution in [2.45, 2.75) is 39.7 Å². The maximum Gasteiger partial charge on any atom is 0.254 e. The molecule has 1 rings (SSSR count). The Labute approximate surface area is 121 Å². The third kappa shape index (κ3) is 4.68. The SMILES string of the molecule is CC(C)NC(=O)CN(C)C(=O)c1ccc(C(C)C)cc1. The van der Waals surface area contributed by atoms with Gasteiger partial charge in [0.2, 0.25) is 5.91 Å². The minimum absolute atomic E-state index is 0.0724. The Kier molecular flexibility index (Phi) is 5.74. The minimum Gasteiger partial charge on any atom is -0.352 e. The molecule has 0 saturated heterocycles. The Morgan fingerprint density at radius 2 is 1.65 bits per heavy atom. The lowest BCUT2D eigenvalue weighted by atomic mass is 10.0. The van der Waals surface area contributed by atoms with Crippen LogP contribution in [-0.2, 0) is 4.79 Å². The van der Waals surface area contributed by atoms with Crippen LogP contribution in [0.2, 0.25) is 0 Å². The van der Waals surface area contributed by atoms with Gasteiger partial charge >= 0.3 is 0 Å². The average molecular weight is 276 g/mol. The fourth-order valence-corrected chi connectivity index (χ4v) is 1.89. The number of rotatable bonds is 5. The van der Waals surface area contributed by atoms with Crippen LogP contribution in [0.15, 0.2) is 24.3 Å². The van der Waals surface area contributed by atoms with E-state index in [9.17, 15) is 9.59 Å². The smallest absolute Gasteiger partial charge is 0.254 e. The monoisotopic (exact) mass is 276 g/mol. The van der Waals surface area contributed by atoms with Crippen molar-refractivity contribution in [1.82, 2.24) is 10.2 Å². The van der Waals surface area contributed by atoms with E-state index < -0.39 is 0 Å². The second kappa shape index (κ2) is 7.08. The van der Waals surface area contributed by atoms with Gasteiger partial charge in [0.05, 0.1) is 6.54 Å². The maximum absolute atomic E-state index is 12.2. The van der Waals surface area contributed by atoms with E-state index in [-0.39, 0.29) is 24.4 Å². The summed E-state index contributed by atoms with van der Waals surface area (Å²) in [5, 5.41) is 2.77. The van der Waals surface area contributed by atoms with Crippen LogP contribution in [0.25, 0.3) is 0 Å². The van der Waals surface area contributed by atoms with E-state index in [4.69, 9.17) is 0 Å². The van der Waals surface area contributed by atoms with Gasteiger partial charge in [-0.3, -0.25) is 9.59 Å². The molecule has 1 aromatic carbocycles.